The number of thiazole rings is 1. The molecule has 1 N–H and O–H groups in total. The molecule has 0 aliphatic heterocycles. The minimum Gasteiger partial charge on any atom is -0.362 e. The second kappa shape index (κ2) is 5.96. The van der Waals surface area contributed by atoms with E-state index in [1.165, 1.54) is 11.3 Å². The number of hydrogen-bond donors (Lipinski definition) is 1. The fraction of sp³-hybridized carbons (Fsp3) is 0.636. The van der Waals surface area contributed by atoms with Gasteiger partial charge in [0.15, 0.2) is 10.9 Å². The lowest BCUT2D eigenvalue weighted by Gasteiger charge is -2.07. The van der Waals surface area contributed by atoms with E-state index in [2.05, 4.69) is 10.3 Å². The molecule has 0 spiro atoms. The van der Waals surface area contributed by atoms with E-state index in [0.29, 0.717) is 6.42 Å². The van der Waals surface area contributed by atoms with Gasteiger partial charge in [-0.15, -0.1) is 0 Å². The summed E-state index contributed by atoms with van der Waals surface area (Å²) in [4.78, 5) is 19.0. The van der Waals surface area contributed by atoms with Gasteiger partial charge in [-0.3, -0.25) is 4.79 Å². The molecule has 0 saturated heterocycles. The first-order chi connectivity index (χ1) is 7.54. The van der Waals surface area contributed by atoms with Gasteiger partial charge in [0.25, 0.3) is 0 Å². The number of aryl methyl sites for hydroxylation is 1. The predicted octanol–water partition coefficient (Wildman–Crippen LogP) is 2.02. The molecule has 0 aliphatic rings. The van der Waals surface area contributed by atoms with Crippen LogP contribution in [0.2, 0.25) is 0 Å². The van der Waals surface area contributed by atoms with E-state index in [1.807, 2.05) is 32.8 Å². The normalized spacial score (nSPS) is 10.8. The van der Waals surface area contributed by atoms with Crippen LogP contribution in [0.1, 0.15) is 28.7 Å². The molecule has 1 aromatic heterocycles. The largest absolute Gasteiger partial charge is 0.362 e. The van der Waals surface area contributed by atoms with Crippen LogP contribution in [0.4, 0.5) is 5.13 Å². The van der Waals surface area contributed by atoms with Gasteiger partial charge in [0, 0.05) is 19.5 Å². The fourth-order valence-electron chi connectivity index (χ4n) is 1.32. The van der Waals surface area contributed by atoms with Crippen molar-refractivity contribution in [3.63, 3.8) is 0 Å². The van der Waals surface area contributed by atoms with E-state index in [4.69, 9.17) is 0 Å². The van der Waals surface area contributed by atoms with Gasteiger partial charge in [-0.05, 0) is 27.9 Å². The molecule has 1 rings (SSSR count). The van der Waals surface area contributed by atoms with Crippen molar-refractivity contribution in [3.05, 3.63) is 10.6 Å². The summed E-state index contributed by atoms with van der Waals surface area (Å²) < 4.78 is 0. The Morgan fingerprint density at radius 2 is 2.19 bits per heavy atom. The minimum absolute atomic E-state index is 0.188. The third-order valence-corrected chi connectivity index (χ3v) is 3.32. The number of carbonyl (C=O) groups is 1. The van der Waals surface area contributed by atoms with Gasteiger partial charge in [-0.1, -0.05) is 11.3 Å². The SMILES string of the molecule is CCNc1nc(C)c(C(=O)CCN(C)C)s1. The monoisotopic (exact) mass is 241 g/mol. The zero-order chi connectivity index (χ0) is 12.1. The average molecular weight is 241 g/mol. The van der Waals surface area contributed by atoms with Crippen LogP contribution >= 0.6 is 11.3 Å². The van der Waals surface area contributed by atoms with Crippen molar-refractivity contribution in [1.82, 2.24) is 9.88 Å². The molecule has 0 aliphatic carbocycles. The quantitative estimate of drug-likeness (QED) is 0.774. The van der Waals surface area contributed by atoms with Crippen molar-refractivity contribution in [3.8, 4) is 0 Å². The number of rotatable bonds is 6. The summed E-state index contributed by atoms with van der Waals surface area (Å²) in [7, 11) is 3.94. The number of nitrogens with zero attached hydrogens (tertiary/aromatic N) is 2. The van der Waals surface area contributed by atoms with Crippen molar-refractivity contribution in [2.24, 2.45) is 0 Å². The fourth-order valence-corrected chi connectivity index (χ4v) is 2.32. The Labute approximate surface area is 101 Å². The molecule has 0 amide bonds. The van der Waals surface area contributed by atoms with E-state index >= 15 is 0 Å². The summed E-state index contributed by atoms with van der Waals surface area (Å²) in [5, 5.41) is 3.97. The third-order valence-electron chi connectivity index (χ3n) is 2.16. The van der Waals surface area contributed by atoms with Crippen LogP contribution in [-0.2, 0) is 0 Å². The van der Waals surface area contributed by atoms with E-state index in [9.17, 15) is 4.79 Å². The first-order valence-electron chi connectivity index (χ1n) is 5.43. The van der Waals surface area contributed by atoms with E-state index < -0.39 is 0 Å². The van der Waals surface area contributed by atoms with Gasteiger partial charge in [0.05, 0.1) is 10.6 Å². The van der Waals surface area contributed by atoms with Gasteiger partial charge in [-0.2, -0.15) is 0 Å². The lowest BCUT2D eigenvalue weighted by molar-refractivity contribution is 0.0975. The molecule has 1 aromatic rings. The van der Waals surface area contributed by atoms with Crippen LogP contribution in [-0.4, -0.2) is 42.9 Å². The molecule has 0 atom stereocenters. The zero-order valence-corrected chi connectivity index (χ0v) is 11.1. The molecule has 1 heterocycles. The maximum atomic E-state index is 11.9. The number of hydrogen-bond acceptors (Lipinski definition) is 5. The summed E-state index contributed by atoms with van der Waals surface area (Å²) in [6.45, 7) is 5.52. The molecular formula is C11H19N3OS. The van der Waals surface area contributed by atoms with Crippen molar-refractivity contribution in [2.45, 2.75) is 20.3 Å². The first-order valence-corrected chi connectivity index (χ1v) is 6.25. The maximum absolute atomic E-state index is 11.9. The van der Waals surface area contributed by atoms with Crippen molar-refractivity contribution in [1.29, 1.82) is 0 Å². The Bertz CT molecular complexity index is 360. The van der Waals surface area contributed by atoms with E-state index in [0.717, 1.165) is 28.8 Å². The molecule has 0 radical (unpaired) electrons. The highest BCUT2D eigenvalue weighted by atomic mass is 32.1. The predicted molar refractivity (Wildman–Crippen MR) is 68.5 cm³/mol. The minimum atomic E-state index is 0.188. The Kier molecular flexibility index (Phi) is 4.89. The Balaban J connectivity index is 2.67. The Morgan fingerprint density at radius 1 is 1.50 bits per heavy atom. The number of carbonyl (C=O) groups excluding carboxylic acids is 1. The number of Topliss-reactive ketones (excluding diaryl/α,β-unsaturated/α-hetero) is 1. The summed E-state index contributed by atoms with van der Waals surface area (Å²) in [5.41, 5.74) is 0.838. The number of nitrogens with one attached hydrogen (secondary N) is 1. The molecule has 4 nitrogen and oxygen atoms in total. The average Bonchev–Trinajstić information content (AvgIpc) is 2.56. The number of anilines is 1. The lowest BCUT2D eigenvalue weighted by Crippen LogP contribution is -2.16. The maximum Gasteiger partial charge on any atom is 0.183 e. The number of aromatic nitrogens is 1. The van der Waals surface area contributed by atoms with Crippen LogP contribution in [0.5, 0.6) is 0 Å². The first kappa shape index (κ1) is 13.1. The summed E-state index contributed by atoms with van der Waals surface area (Å²) in [6.07, 6.45) is 0.557. The molecule has 0 saturated carbocycles. The van der Waals surface area contributed by atoms with Crippen LogP contribution in [0.3, 0.4) is 0 Å². The van der Waals surface area contributed by atoms with Crippen LogP contribution < -0.4 is 5.32 Å². The highest BCUT2D eigenvalue weighted by molar-refractivity contribution is 7.17. The smallest absolute Gasteiger partial charge is 0.183 e. The second-order valence-electron chi connectivity index (χ2n) is 3.94. The second-order valence-corrected chi connectivity index (χ2v) is 4.94. The van der Waals surface area contributed by atoms with Crippen LogP contribution in [0.25, 0.3) is 0 Å². The van der Waals surface area contributed by atoms with Gasteiger partial charge in [0.1, 0.15) is 0 Å². The van der Waals surface area contributed by atoms with E-state index in [1.54, 1.807) is 0 Å². The molecule has 0 aromatic carbocycles. The summed E-state index contributed by atoms with van der Waals surface area (Å²) in [6, 6.07) is 0. The van der Waals surface area contributed by atoms with Crippen molar-refractivity contribution in [2.75, 3.05) is 32.5 Å². The van der Waals surface area contributed by atoms with Gasteiger partial charge < -0.3 is 10.2 Å². The van der Waals surface area contributed by atoms with Crippen molar-refractivity contribution < 1.29 is 4.79 Å². The standard InChI is InChI=1S/C11H19N3OS/c1-5-12-11-13-8(2)10(16-11)9(15)6-7-14(3)4/h5-7H2,1-4H3,(H,12,13). The molecule has 0 bridgehead atoms. The van der Waals surface area contributed by atoms with Gasteiger partial charge >= 0.3 is 0 Å². The van der Waals surface area contributed by atoms with Crippen LogP contribution in [0.15, 0.2) is 0 Å². The molecule has 90 valence electrons. The highest BCUT2D eigenvalue weighted by Crippen LogP contribution is 2.23. The summed E-state index contributed by atoms with van der Waals surface area (Å²) >= 11 is 1.45. The summed E-state index contributed by atoms with van der Waals surface area (Å²) in [5.74, 6) is 0.188. The lowest BCUT2D eigenvalue weighted by atomic mass is 10.2. The molecule has 16 heavy (non-hydrogen) atoms. The highest BCUT2D eigenvalue weighted by Gasteiger charge is 2.14. The molecular weight excluding hydrogens is 222 g/mol. The Morgan fingerprint density at radius 3 is 2.75 bits per heavy atom. The third kappa shape index (κ3) is 3.57. The molecule has 0 unspecified atom stereocenters. The molecule has 5 heteroatoms. The van der Waals surface area contributed by atoms with Crippen molar-refractivity contribution >= 4 is 22.3 Å². The van der Waals surface area contributed by atoms with Crippen LogP contribution in [0, 0.1) is 6.92 Å². The van der Waals surface area contributed by atoms with Gasteiger partial charge in [-0.25, -0.2) is 4.98 Å². The van der Waals surface area contributed by atoms with Gasteiger partial charge in [0.2, 0.25) is 0 Å². The Hall–Kier alpha value is -0.940. The van der Waals surface area contributed by atoms with E-state index in [-0.39, 0.29) is 5.78 Å². The zero-order valence-electron chi connectivity index (χ0n) is 10.3. The number of ketones is 1. The molecule has 0 fully saturated rings. The topological polar surface area (TPSA) is 45.2 Å².